The second kappa shape index (κ2) is 11.3. The molecule has 33 heavy (non-hydrogen) atoms. The summed E-state index contributed by atoms with van der Waals surface area (Å²) in [6, 6.07) is 1.55. The summed E-state index contributed by atoms with van der Waals surface area (Å²) < 4.78 is 78.9. The predicted molar refractivity (Wildman–Crippen MR) is 123 cm³/mol. The van der Waals surface area contributed by atoms with Crippen LogP contribution in [0.2, 0.25) is 0 Å². The Morgan fingerprint density at radius 2 is 1.39 bits per heavy atom. The van der Waals surface area contributed by atoms with Gasteiger partial charge in [-0.05, 0) is 55.1 Å². The van der Waals surface area contributed by atoms with E-state index < -0.39 is 23.5 Å². The fourth-order valence-electron chi connectivity index (χ4n) is 4.36. The van der Waals surface area contributed by atoms with Gasteiger partial charge in [0.05, 0.1) is 11.1 Å². The first-order valence-corrected chi connectivity index (χ1v) is 11.7. The molecule has 1 aromatic carbocycles. The van der Waals surface area contributed by atoms with Crippen LogP contribution in [0.1, 0.15) is 64.5 Å². The summed E-state index contributed by atoms with van der Waals surface area (Å²) in [5.41, 5.74) is -3.10. The van der Waals surface area contributed by atoms with Crippen LogP contribution < -0.4 is 10.6 Å². The number of thiocarbonyl (C=S) groups is 1. The molecule has 0 amide bonds. The van der Waals surface area contributed by atoms with E-state index in [-0.39, 0.29) is 28.9 Å². The number of alkyl halides is 6. The molecule has 1 fully saturated rings. The molecule has 0 spiro atoms. The van der Waals surface area contributed by atoms with Crippen molar-refractivity contribution in [2.75, 3.05) is 18.4 Å². The average Bonchev–Trinajstić information content (AvgIpc) is 2.65. The first kappa shape index (κ1) is 27.7. The fraction of sp³-hybridized carbons (Fsp3) is 0.696. The molecule has 0 radical (unpaired) electrons. The van der Waals surface area contributed by atoms with Gasteiger partial charge in [-0.1, -0.05) is 40.5 Å². The SMILES string of the molecule is CC(C)CN(CC(C)C)[C@@H]1CCCC[C@H]1NC(=S)Nc1cc(C(F)(F)F)cc(C(F)(F)F)c1. The molecule has 2 atom stereocenters. The summed E-state index contributed by atoms with van der Waals surface area (Å²) in [4.78, 5) is 2.43. The van der Waals surface area contributed by atoms with Gasteiger partial charge < -0.3 is 10.6 Å². The van der Waals surface area contributed by atoms with Crippen molar-refractivity contribution in [3.8, 4) is 0 Å². The molecule has 10 heteroatoms. The number of hydrogen-bond acceptors (Lipinski definition) is 2. The second-order valence-electron chi connectivity index (χ2n) is 9.59. The molecule has 2 rings (SSSR count). The van der Waals surface area contributed by atoms with E-state index in [4.69, 9.17) is 12.2 Å². The number of halogens is 6. The lowest BCUT2D eigenvalue weighted by atomic mass is 9.88. The normalized spacial score (nSPS) is 19.9. The summed E-state index contributed by atoms with van der Waals surface area (Å²) in [6.45, 7) is 10.4. The van der Waals surface area contributed by atoms with Gasteiger partial charge in [0.1, 0.15) is 0 Å². The van der Waals surface area contributed by atoms with E-state index in [1.54, 1.807) is 0 Å². The van der Waals surface area contributed by atoms with Crippen molar-refractivity contribution >= 4 is 23.0 Å². The maximum absolute atomic E-state index is 13.1. The Hall–Kier alpha value is -1.55. The highest BCUT2D eigenvalue weighted by atomic mass is 32.1. The van der Waals surface area contributed by atoms with Crippen molar-refractivity contribution in [3.05, 3.63) is 29.3 Å². The molecular formula is C23H33F6N3S. The summed E-state index contributed by atoms with van der Waals surface area (Å²) >= 11 is 5.30. The molecule has 1 aliphatic rings. The summed E-state index contributed by atoms with van der Waals surface area (Å²) in [5, 5.41) is 5.76. The predicted octanol–water partition coefficient (Wildman–Crippen LogP) is 6.94. The van der Waals surface area contributed by atoms with E-state index in [9.17, 15) is 26.3 Å². The zero-order valence-corrected chi connectivity index (χ0v) is 20.2. The Morgan fingerprint density at radius 1 is 0.909 bits per heavy atom. The Labute approximate surface area is 197 Å². The van der Waals surface area contributed by atoms with Crippen LogP contribution in [0.25, 0.3) is 0 Å². The van der Waals surface area contributed by atoms with Gasteiger partial charge in [0.15, 0.2) is 5.11 Å². The summed E-state index contributed by atoms with van der Waals surface area (Å²) in [7, 11) is 0. The minimum absolute atomic E-state index is 0.0217. The van der Waals surface area contributed by atoms with Crippen LogP contribution in [0.5, 0.6) is 0 Å². The number of nitrogens with one attached hydrogen (secondary N) is 2. The van der Waals surface area contributed by atoms with Crippen LogP contribution in [0, 0.1) is 11.8 Å². The maximum atomic E-state index is 13.1. The summed E-state index contributed by atoms with van der Waals surface area (Å²) in [6.07, 6.45) is -5.98. The van der Waals surface area contributed by atoms with Gasteiger partial charge in [0, 0.05) is 30.9 Å². The first-order valence-electron chi connectivity index (χ1n) is 11.3. The smallest absolute Gasteiger partial charge is 0.358 e. The van der Waals surface area contributed by atoms with Crippen molar-refractivity contribution in [2.24, 2.45) is 11.8 Å². The number of benzene rings is 1. The largest absolute Gasteiger partial charge is 0.416 e. The van der Waals surface area contributed by atoms with E-state index in [0.29, 0.717) is 24.0 Å². The van der Waals surface area contributed by atoms with Gasteiger partial charge in [0.2, 0.25) is 0 Å². The van der Waals surface area contributed by atoms with Crippen molar-refractivity contribution in [2.45, 2.75) is 77.8 Å². The van der Waals surface area contributed by atoms with Crippen molar-refractivity contribution in [1.29, 1.82) is 0 Å². The third-order valence-corrected chi connectivity index (χ3v) is 5.78. The van der Waals surface area contributed by atoms with Crippen LogP contribution in [0.4, 0.5) is 32.0 Å². The molecule has 0 bridgehead atoms. The minimum atomic E-state index is -4.91. The van der Waals surface area contributed by atoms with Gasteiger partial charge >= 0.3 is 12.4 Å². The lowest BCUT2D eigenvalue weighted by Gasteiger charge is -2.42. The molecule has 1 aliphatic carbocycles. The quantitative estimate of drug-likeness (QED) is 0.315. The third kappa shape index (κ3) is 8.63. The highest BCUT2D eigenvalue weighted by Gasteiger charge is 2.37. The van der Waals surface area contributed by atoms with Gasteiger partial charge in [-0.2, -0.15) is 26.3 Å². The topological polar surface area (TPSA) is 27.3 Å². The van der Waals surface area contributed by atoms with Crippen LogP contribution >= 0.6 is 12.2 Å². The zero-order valence-electron chi connectivity index (χ0n) is 19.4. The van der Waals surface area contributed by atoms with Crippen molar-refractivity contribution < 1.29 is 26.3 Å². The van der Waals surface area contributed by atoms with Gasteiger partial charge in [-0.15, -0.1) is 0 Å². The highest BCUT2D eigenvalue weighted by Crippen LogP contribution is 2.37. The molecular weight excluding hydrogens is 464 g/mol. The lowest BCUT2D eigenvalue weighted by Crippen LogP contribution is -2.55. The standard InChI is InChI=1S/C23H33F6N3S/c1-14(2)12-32(13-15(3)4)20-8-6-5-7-19(20)31-21(33)30-18-10-16(22(24,25)26)9-17(11-18)23(27,28)29/h9-11,14-15,19-20H,5-8,12-13H2,1-4H3,(H2,30,31,33)/t19-,20-/m1/s1. The van der Waals surface area contributed by atoms with Crippen molar-refractivity contribution in [3.63, 3.8) is 0 Å². The number of hydrogen-bond donors (Lipinski definition) is 2. The van der Waals surface area contributed by atoms with Crippen molar-refractivity contribution in [1.82, 2.24) is 10.2 Å². The van der Waals surface area contributed by atoms with E-state index >= 15 is 0 Å². The Morgan fingerprint density at radius 3 is 1.85 bits per heavy atom. The molecule has 0 aromatic heterocycles. The molecule has 0 heterocycles. The van der Waals surface area contributed by atoms with Gasteiger partial charge in [-0.25, -0.2) is 0 Å². The van der Waals surface area contributed by atoms with E-state index in [0.717, 1.165) is 38.8 Å². The molecule has 1 aromatic rings. The van der Waals surface area contributed by atoms with Gasteiger partial charge in [0.25, 0.3) is 0 Å². The average molecular weight is 498 g/mol. The van der Waals surface area contributed by atoms with Crippen LogP contribution in [-0.2, 0) is 12.4 Å². The fourth-order valence-corrected chi connectivity index (χ4v) is 4.63. The molecule has 188 valence electrons. The molecule has 1 saturated carbocycles. The van der Waals surface area contributed by atoms with E-state index in [2.05, 4.69) is 43.2 Å². The lowest BCUT2D eigenvalue weighted by molar-refractivity contribution is -0.143. The molecule has 0 unspecified atom stereocenters. The molecule has 3 nitrogen and oxygen atoms in total. The maximum Gasteiger partial charge on any atom is 0.416 e. The molecule has 2 N–H and O–H groups in total. The van der Waals surface area contributed by atoms with Gasteiger partial charge in [-0.3, -0.25) is 4.90 Å². The number of nitrogens with zero attached hydrogens (tertiary/aromatic N) is 1. The third-order valence-electron chi connectivity index (χ3n) is 5.56. The second-order valence-corrected chi connectivity index (χ2v) is 10.0. The Balaban J connectivity index is 2.20. The van der Waals surface area contributed by atoms with Crippen LogP contribution in [-0.4, -0.2) is 35.2 Å². The first-order chi connectivity index (χ1) is 15.2. The van der Waals surface area contributed by atoms with Crippen LogP contribution in [0.15, 0.2) is 18.2 Å². The Bertz CT molecular complexity index is 749. The summed E-state index contributed by atoms with van der Waals surface area (Å²) in [5.74, 6) is 0.921. The van der Waals surface area contributed by atoms with E-state index in [1.807, 2.05) is 0 Å². The minimum Gasteiger partial charge on any atom is -0.358 e. The van der Waals surface area contributed by atoms with Crippen LogP contribution in [0.3, 0.4) is 0 Å². The number of anilines is 1. The molecule has 0 aliphatic heterocycles. The highest BCUT2D eigenvalue weighted by molar-refractivity contribution is 7.80. The zero-order chi connectivity index (χ0) is 25.0. The molecule has 0 saturated heterocycles. The monoisotopic (exact) mass is 497 g/mol. The number of rotatable bonds is 7. The Kier molecular flexibility index (Phi) is 9.44. The van der Waals surface area contributed by atoms with E-state index in [1.165, 1.54) is 0 Å².